The molecule has 1 aromatic heterocycles. The summed E-state index contributed by atoms with van der Waals surface area (Å²) in [6.07, 6.45) is -0.851. The van der Waals surface area contributed by atoms with Crippen LogP contribution in [0.2, 0.25) is 0 Å². The number of piperidine rings is 1. The smallest absolute Gasteiger partial charge is 0.422 e. The Hall–Kier alpha value is -2.08. The van der Waals surface area contributed by atoms with Crippen LogP contribution < -0.4 is 15.4 Å². The van der Waals surface area contributed by atoms with Crippen LogP contribution in [0.4, 0.5) is 13.2 Å². The lowest BCUT2D eigenvalue weighted by Crippen LogP contribution is -2.51. The maximum Gasteiger partial charge on any atom is 0.422 e. The Morgan fingerprint density at radius 3 is 2.55 bits per heavy atom. The Morgan fingerprint density at radius 1 is 1.18 bits per heavy atom. The van der Waals surface area contributed by atoms with Crippen molar-refractivity contribution in [2.75, 3.05) is 20.2 Å². The number of aromatic nitrogens is 1. The lowest BCUT2D eigenvalue weighted by Gasteiger charge is -2.38. The lowest BCUT2D eigenvalue weighted by atomic mass is 9.97. The van der Waals surface area contributed by atoms with E-state index in [9.17, 15) is 13.2 Å². The molecule has 1 aliphatic rings. The van der Waals surface area contributed by atoms with E-state index in [0.717, 1.165) is 31.5 Å². The zero-order valence-electron chi connectivity index (χ0n) is 18.8. The van der Waals surface area contributed by atoms with Crippen LogP contribution in [0.25, 0.3) is 0 Å². The number of halogens is 4. The molecule has 2 N–H and O–H groups in total. The van der Waals surface area contributed by atoms with Gasteiger partial charge in [0, 0.05) is 51.0 Å². The molecule has 0 aliphatic carbocycles. The Balaban J connectivity index is 0.00000385. The molecule has 0 radical (unpaired) electrons. The molecule has 182 valence electrons. The highest BCUT2D eigenvalue weighted by Gasteiger charge is 2.28. The topological polar surface area (TPSA) is 61.8 Å². The first kappa shape index (κ1) is 27.2. The monoisotopic (exact) mass is 577 g/mol. The van der Waals surface area contributed by atoms with Gasteiger partial charge in [0.05, 0.1) is 0 Å². The highest BCUT2D eigenvalue weighted by Crippen LogP contribution is 2.20. The average molecular weight is 577 g/mol. The van der Waals surface area contributed by atoms with Gasteiger partial charge in [-0.25, -0.2) is 4.98 Å². The summed E-state index contributed by atoms with van der Waals surface area (Å²) in [6, 6.07) is 14.4. The fourth-order valence-corrected chi connectivity index (χ4v) is 3.74. The minimum Gasteiger partial charge on any atom is -0.468 e. The number of pyridine rings is 1. The number of nitrogens with one attached hydrogen (secondary N) is 2. The summed E-state index contributed by atoms with van der Waals surface area (Å²) in [5, 5.41) is 6.72. The number of hydrogen-bond acceptors (Lipinski definition) is 4. The van der Waals surface area contributed by atoms with Crippen LogP contribution in [0.1, 0.15) is 30.9 Å². The summed E-state index contributed by atoms with van der Waals surface area (Å²) in [4.78, 5) is 10.7. The van der Waals surface area contributed by atoms with Crippen molar-refractivity contribution in [1.29, 1.82) is 0 Å². The van der Waals surface area contributed by atoms with Crippen LogP contribution in [0.15, 0.2) is 53.7 Å². The molecule has 33 heavy (non-hydrogen) atoms. The van der Waals surface area contributed by atoms with E-state index in [4.69, 9.17) is 0 Å². The molecular weight excluding hydrogens is 546 g/mol. The summed E-state index contributed by atoms with van der Waals surface area (Å²) in [5.74, 6) is 0.640. The molecule has 2 aromatic rings. The maximum atomic E-state index is 12.2. The van der Waals surface area contributed by atoms with Crippen molar-refractivity contribution < 1.29 is 17.9 Å². The van der Waals surface area contributed by atoms with Crippen molar-refractivity contribution in [3.05, 3.63) is 59.8 Å². The SMILES string of the molecule is CN=C(NCc1ccc(OCC(F)(F)F)nc1)NC1CCN(Cc2ccccc2)C(C)C1.I. The van der Waals surface area contributed by atoms with Crippen molar-refractivity contribution in [2.24, 2.45) is 4.99 Å². The van der Waals surface area contributed by atoms with Crippen LogP contribution in [0.3, 0.4) is 0 Å². The molecule has 3 rings (SSSR count). The number of likely N-dealkylation sites (tertiary alicyclic amines) is 1. The standard InChI is InChI=1S/C23H30F3N5O.HI/c1-17-12-20(10-11-31(17)15-18-6-4-3-5-7-18)30-22(27-2)29-14-19-8-9-21(28-13-19)32-16-23(24,25)26;/h3-9,13,17,20H,10-12,14-16H2,1-2H3,(H2,27,29,30);1H. The maximum absolute atomic E-state index is 12.2. The summed E-state index contributed by atoms with van der Waals surface area (Å²) in [7, 11) is 1.72. The highest BCUT2D eigenvalue weighted by molar-refractivity contribution is 14.0. The first-order valence-electron chi connectivity index (χ1n) is 10.7. The van der Waals surface area contributed by atoms with E-state index in [1.807, 2.05) is 6.07 Å². The van der Waals surface area contributed by atoms with Crippen LogP contribution in [-0.4, -0.2) is 54.3 Å². The first-order chi connectivity index (χ1) is 15.3. The van der Waals surface area contributed by atoms with Crippen LogP contribution in [0, 0.1) is 0 Å². The minimum atomic E-state index is -4.38. The van der Waals surface area contributed by atoms with E-state index in [0.29, 0.717) is 24.6 Å². The van der Waals surface area contributed by atoms with E-state index in [1.165, 1.54) is 17.8 Å². The van der Waals surface area contributed by atoms with E-state index >= 15 is 0 Å². The van der Waals surface area contributed by atoms with Gasteiger partial charge in [-0.15, -0.1) is 24.0 Å². The predicted octanol–water partition coefficient (Wildman–Crippen LogP) is 4.36. The normalized spacial score (nSPS) is 19.5. The number of aliphatic imine (C=N–C) groups is 1. The van der Waals surface area contributed by atoms with Gasteiger partial charge in [0.15, 0.2) is 12.6 Å². The molecule has 0 spiro atoms. The number of ether oxygens (including phenoxy) is 1. The molecule has 1 fully saturated rings. The molecule has 6 nitrogen and oxygen atoms in total. The number of nitrogens with zero attached hydrogens (tertiary/aromatic N) is 3. The van der Waals surface area contributed by atoms with Gasteiger partial charge in [-0.2, -0.15) is 13.2 Å². The molecule has 0 bridgehead atoms. The summed E-state index contributed by atoms with van der Waals surface area (Å²) in [6.45, 7) is 3.32. The third kappa shape index (κ3) is 9.36. The highest BCUT2D eigenvalue weighted by atomic mass is 127. The molecule has 2 heterocycles. The molecule has 0 amide bonds. The Kier molecular flexibility index (Phi) is 10.7. The average Bonchev–Trinajstić information content (AvgIpc) is 2.78. The van der Waals surface area contributed by atoms with Gasteiger partial charge in [-0.3, -0.25) is 9.89 Å². The fourth-order valence-electron chi connectivity index (χ4n) is 3.74. The fraction of sp³-hybridized carbons (Fsp3) is 0.478. The van der Waals surface area contributed by atoms with E-state index in [-0.39, 0.29) is 29.9 Å². The van der Waals surface area contributed by atoms with Gasteiger partial charge >= 0.3 is 6.18 Å². The molecule has 0 saturated carbocycles. The first-order valence-corrected chi connectivity index (χ1v) is 10.7. The van der Waals surface area contributed by atoms with Gasteiger partial charge in [0.1, 0.15) is 0 Å². The number of rotatable bonds is 7. The Bertz CT molecular complexity index is 865. The molecule has 1 aromatic carbocycles. The number of alkyl halides is 3. The number of benzene rings is 1. The van der Waals surface area contributed by atoms with E-state index in [1.54, 1.807) is 13.1 Å². The lowest BCUT2D eigenvalue weighted by molar-refractivity contribution is -0.154. The van der Waals surface area contributed by atoms with E-state index in [2.05, 4.69) is 61.4 Å². The molecule has 1 aliphatic heterocycles. The third-order valence-corrected chi connectivity index (χ3v) is 5.45. The quantitative estimate of drug-likeness (QED) is 0.291. The summed E-state index contributed by atoms with van der Waals surface area (Å²) in [5.41, 5.74) is 2.14. The zero-order valence-corrected chi connectivity index (χ0v) is 21.1. The van der Waals surface area contributed by atoms with Gasteiger partial charge in [-0.05, 0) is 30.9 Å². The second kappa shape index (κ2) is 13.0. The molecular formula is C23H31F3IN5O. The summed E-state index contributed by atoms with van der Waals surface area (Å²) < 4.78 is 41.3. The molecule has 2 atom stereocenters. The largest absolute Gasteiger partial charge is 0.468 e. The van der Waals surface area contributed by atoms with Gasteiger partial charge < -0.3 is 15.4 Å². The molecule has 2 unspecified atom stereocenters. The van der Waals surface area contributed by atoms with E-state index < -0.39 is 12.8 Å². The number of hydrogen-bond donors (Lipinski definition) is 2. The van der Waals surface area contributed by atoms with Gasteiger partial charge in [0.25, 0.3) is 0 Å². The molecule has 10 heteroatoms. The Morgan fingerprint density at radius 2 is 1.94 bits per heavy atom. The second-order valence-corrected chi connectivity index (χ2v) is 8.01. The predicted molar refractivity (Wildman–Crippen MR) is 134 cm³/mol. The van der Waals surface area contributed by atoms with Crippen molar-refractivity contribution in [3.8, 4) is 5.88 Å². The van der Waals surface area contributed by atoms with Crippen molar-refractivity contribution in [1.82, 2.24) is 20.5 Å². The van der Waals surface area contributed by atoms with Gasteiger partial charge in [-0.1, -0.05) is 36.4 Å². The van der Waals surface area contributed by atoms with Crippen molar-refractivity contribution in [3.63, 3.8) is 0 Å². The second-order valence-electron chi connectivity index (χ2n) is 8.01. The molecule has 1 saturated heterocycles. The van der Waals surface area contributed by atoms with Crippen LogP contribution in [0.5, 0.6) is 5.88 Å². The van der Waals surface area contributed by atoms with Gasteiger partial charge in [0.2, 0.25) is 5.88 Å². The minimum absolute atomic E-state index is 0. The number of guanidine groups is 1. The Labute approximate surface area is 210 Å². The van der Waals surface area contributed by atoms with Crippen molar-refractivity contribution in [2.45, 2.75) is 51.1 Å². The third-order valence-electron chi connectivity index (χ3n) is 5.45. The van der Waals surface area contributed by atoms with Crippen LogP contribution >= 0.6 is 24.0 Å². The zero-order chi connectivity index (χ0) is 23.0. The van der Waals surface area contributed by atoms with Crippen molar-refractivity contribution >= 4 is 29.9 Å². The summed E-state index contributed by atoms with van der Waals surface area (Å²) >= 11 is 0. The van der Waals surface area contributed by atoms with Crippen LogP contribution in [-0.2, 0) is 13.1 Å².